The van der Waals surface area contributed by atoms with E-state index >= 15 is 0 Å². The zero-order chi connectivity index (χ0) is 6.85. The highest BCUT2D eigenvalue weighted by atomic mass is 16.3. The van der Waals surface area contributed by atoms with Crippen LogP contribution in [0.4, 0.5) is 0 Å². The fraction of sp³-hybridized carbons (Fsp3) is 0.750. The van der Waals surface area contributed by atoms with Gasteiger partial charge in [0, 0.05) is 0 Å². The first-order valence-corrected chi connectivity index (χ1v) is 3.56. The van der Waals surface area contributed by atoms with Crippen molar-refractivity contribution in [2.45, 2.75) is 26.4 Å². The first-order valence-electron chi connectivity index (χ1n) is 3.56. The molecular weight excluding hydrogens is 112 g/mol. The Balaban J connectivity index is 2.54. The van der Waals surface area contributed by atoms with Crippen molar-refractivity contribution in [1.29, 1.82) is 0 Å². The lowest BCUT2D eigenvalue weighted by Gasteiger charge is -2.23. The predicted molar refractivity (Wildman–Crippen MR) is 38.1 cm³/mol. The molecule has 9 heavy (non-hydrogen) atoms. The van der Waals surface area contributed by atoms with Gasteiger partial charge in [0.1, 0.15) is 0 Å². The van der Waals surface area contributed by atoms with Crippen LogP contribution in [-0.2, 0) is 0 Å². The summed E-state index contributed by atoms with van der Waals surface area (Å²) in [4.78, 5) is 0. The zero-order valence-electron chi connectivity index (χ0n) is 6.04. The first-order chi connectivity index (χ1) is 4.20. The van der Waals surface area contributed by atoms with Crippen LogP contribution in [0.2, 0.25) is 0 Å². The highest BCUT2D eigenvalue weighted by Crippen LogP contribution is 2.23. The summed E-state index contributed by atoms with van der Waals surface area (Å²) in [5, 5.41) is 9.11. The molecule has 0 aromatic carbocycles. The lowest BCUT2D eigenvalue weighted by molar-refractivity contribution is 0.169. The average molecular weight is 126 g/mol. The van der Waals surface area contributed by atoms with E-state index < -0.39 is 0 Å². The van der Waals surface area contributed by atoms with Gasteiger partial charge in [-0.25, -0.2) is 0 Å². The largest absolute Gasteiger partial charge is 0.389 e. The molecule has 0 aromatic heterocycles. The molecule has 0 aliphatic heterocycles. The van der Waals surface area contributed by atoms with E-state index in [-0.39, 0.29) is 6.10 Å². The van der Waals surface area contributed by atoms with Crippen molar-refractivity contribution in [2.24, 2.45) is 11.8 Å². The summed E-state index contributed by atoms with van der Waals surface area (Å²) >= 11 is 0. The fourth-order valence-electron chi connectivity index (χ4n) is 1.17. The maximum absolute atomic E-state index is 9.11. The fourth-order valence-corrected chi connectivity index (χ4v) is 1.17. The minimum Gasteiger partial charge on any atom is -0.389 e. The molecule has 0 heterocycles. The van der Waals surface area contributed by atoms with Crippen LogP contribution >= 0.6 is 0 Å². The van der Waals surface area contributed by atoms with Gasteiger partial charge >= 0.3 is 0 Å². The Bertz CT molecular complexity index is 118. The van der Waals surface area contributed by atoms with E-state index in [1.807, 2.05) is 6.08 Å². The summed E-state index contributed by atoms with van der Waals surface area (Å²) in [5.41, 5.74) is 0. The Kier molecular flexibility index (Phi) is 1.91. The molecule has 0 fully saturated rings. The molecule has 1 rings (SSSR count). The van der Waals surface area contributed by atoms with Gasteiger partial charge in [0.25, 0.3) is 0 Å². The minimum absolute atomic E-state index is 0.184. The number of aliphatic hydroxyl groups excluding tert-OH is 1. The Morgan fingerprint density at radius 2 is 2.00 bits per heavy atom. The Morgan fingerprint density at radius 3 is 2.44 bits per heavy atom. The highest BCUT2D eigenvalue weighted by Gasteiger charge is 2.17. The minimum atomic E-state index is -0.184. The molecule has 0 saturated carbocycles. The van der Waals surface area contributed by atoms with Gasteiger partial charge in [-0.1, -0.05) is 26.0 Å². The second-order valence-electron chi connectivity index (χ2n) is 3.02. The van der Waals surface area contributed by atoms with Gasteiger partial charge in [-0.2, -0.15) is 0 Å². The monoisotopic (exact) mass is 126 g/mol. The van der Waals surface area contributed by atoms with Crippen LogP contribution in [0.25, 0.3) is 0 Å². The molecule has 0 amide bonds. The maximum Gasteiger partial charge on any atom is 0.0723 e. The second kappa shape index (κ2) is 2.53. The van der Waals surface area contributed by atoms with E-state index in [0.29, 0.717) is 11.8 Å². The lowest BCUT2D eigenvalue weighted by atomic mass is 9.86. The number of aliphatic hydroxyl groups is 1. The molecule has 0 aromatic rings. The molecule has 1 nitrogen and oxygen atoms in total. The average Bonchev–Trinajstić information content (AvgIpc) is 1.80. The topological polar surface area (TPSA) is 20.2 Å². The van der Waals surface area contributed by atoms with Crippen molar-refractivity contribution >= 4 is 0 Å². The maximum atomic E-state index is 9.11. The third-order valence-electron chi connectivity index (χ3n) is 2.15. The molecule has 1 heteroatoms. The van der Waals surface area contributed by atoms with Crippen molar-refractivity contribution in [3.8, 4) is 0 Å². The van der Waals surface area contributed by atoms with Crippen LogP contribution in [-0.4, -0.2) is 11.2 Å². The van der Waals surface area contributed by atoms with Gasteiger partial charge in [-0.05, 0) is 18.3 Å². The van der Waals surface area contributed by atoms with E-state index in [4.69, 9.17) is 5.11 Å². The van der Waals surface area contributed by atoms with Crippen molar-refractivity contribution in [1.82, 2.24) is 0 Å². The van der Waals surface area contributed by atoms with Gasteiger partial charge in [0.2, 0.25) is 0 Å². The van der Waals surface area contributed by atoms with Gasteiger partial charge in [0.05, 0.1) is 6.10 Å². The molecule has 3 atom stereocenters. The van der Waals surface area contributed by atoms with E-state index in [1.165, 1.54) is 0 Å². The van der Waals surface area contributed by atoms with E-state index in [2.05, 4.69) is 19.9 Å². The van der Waals surface area contributed by atoms with Crippen LogP contribution in [0.15, 0.2) is 12.2 Å². The molecule has 52 valence electrons. The molecule has 0 unspecified atom stereocenters. The van der Waals surface area contributed by atoms with Crippen molar-refractivity contribution in [3.05, 3.63) is 12.2 Å². The lowest BCUT2D eigenvalue weighted by Crippen LogP contribution is -2.18. The summed E-state index contributed by atoms with van der Waals surface area (Å²) in [7, 11) is 0. The molecule has 0 radical (unpaired) electrons. The van der Waals surface area contributed by atoms with E-state index in [9.17, 15) is 0 Å². The van der Waals surface area contributed by atoms with Crippen LogP contribution in [0, 0.1) is 11.8 Å². The van der Waals surface area contributed by atoms with Crippen molar-refractivity contribution < 1.29 is 5.11 Å². The number of hydrogen-bond donors (Lipinski definition) is 1. The Morgan fingerprint density at radius 1 is 1.33 bits per heavy atom. The third kappa shape index (κ3) is 1.55. The van der Waals surface area contributed by atoms with Gasteiger partial charge < -0.3 is 5.11 Å². The first kappa shape index (κ1) is 6.81. The second-order valence-corrected chi connectivity index (χ2v) is 3.02. The SMILES string of the molecule is C[C@@H]1C=C[C@H](O)C[C@@H]1C. The third-order valence-corrected chi connectivity index (χ3v) is 2.15. The van der Waals surface area contributed by atoms with Gasteiger partial charge in [-0.15, -0.1) is 0 Å². The van der Waals surface area contributed by atoms with Gasteiger partial charge in [-0.3, -0.25) is 0 Å². The summed E-state index contributed by atoms with van der Waals surface area (Å²) < 4.78 is 0. The molecular formula is C8H14O. The Labute approximate surface area is 56.4 Å². The van der Waals surface area contributed by atoms with E-state index in [1.54, 1.807) is 0 Å². The van der Waals surface area contributed by atoms with Crippen molar-refractivity contribution in [3.63, 3.8) is 0 Å². The summed E-state index contributed by atoms with van der Waals surface area (Å²) in [5.74, 6) is 1.29. The number of rotatable bonds is 0. The predicted octanol–water partition coefficient (Wildman–Crippen LogP) is 1.58. The molecule has 0 saturated heterocycles. The Hall–Kier alpha value is -0.300. The summed E-state index contributed by atoms with van der Waals surface area (Å²) in [6, 6.07) is 0. The van der Waals surface area contributed by atoms with Crippen LogP contribution in [0.1, 0.15) is 20.3 Å². The highest BCUT2D eigenvalue weighted by molar-refractivity contribution is 4.99. The van der Waals surface area contributed by atoms with Crippen LogP contribution < -0.4 is 0 Å². The number of hydrogen-bond acceptors (Lipinski definition) is 1. The van der Waals surface area contributed by atoms with Crippen molar-refractivity contribution in [2.75, 3.05) is 0 Å². The molecule has 1 N–H and O–H groups in total. The van der Waals surface area contributed by atoms with E-state index in [0.717, 1.165) is 6.42 Å². The molecule has 0 bridgehead atoms. The molecule has 0 spiro atoms. The summed E-state index contributed by atoms with van der Waals surface area (Å²) in [6.07, 6.45) is 4.73. The molecule has 1 aliphatic carbocycles. The van der Waals surface area contributed by atoms with Crippen LogP contribution in [0.5, 0.6) is 0 Å². The number of allylic oxidation sites excluding steroid dienone is 1. The normalized spacial score (nSPS) is 43.2. The van der Waals surface area contributed by atoms with Crippen LogP contribution in [0.3, 0.4) is 0 Å². The van der Waals surface area contributed by atoms with Gasteiger partial charge in [0.15, 0.2) is 0 Å². The summed E-state index contributed by atoms with van der Waals surface area (Å²) in [6.45, 7) is 4.37. The molecule has 1 aliphatic rings. The quantitative estimate of drug-likeness (QED) is 0.488. The standard InChI is InChI=1S/C8H14O/c1-6-3-4-8(9)5-7(6)2/h3-4,6-9H,5H2,1-2H3/t6-,7+,8+/m1/s1. The zero-order valence-corrected chi connectivity index (χ0v) is 6.04. The smallest absolute Gasteiger partial charge is 0.0723 e.